The molecule has 2 heterocycles. The molecule has 1 aromatic heterocycles. The Kier molecular flexibility index (Phi) is 4.52. The standard InChI is InChI=1S/C20H17N3O5/c24-19(15-5-3-6-16(12-15)23(26)27)21-8-10-22(11-9-21)20(25)18-13-14-4-1-2-7-17(14)28-18/h1-7,12-13H,8-11H2. The van der Waals surface area contributed by atoms with Crippen LogP contribution in [-0.4, -0.2) is 52.7 Å². The fourth-order valence-corrected chi connectivity index (χ4v) is 3.29. The van der Waals surface area contributed by atoms with Gasteiger partial charge in [0.2, 0.25) is 0 Å². The Balaban J connectivity index is 1.42. The van der Waals surface area contributed by atoms with Crippen LogP contribution in [0.2, 0.25) is 0 Å². The molecule has 3 aromatic rings. The molecule has 8 nitrogen and oxygen atoms in total. The van der Waals surface area contributed by atoms with Crippen LogP contribution in [0.4, 0.5) is 5.69 Å². The summed E-state index contributed by atoms with van der Waals surface area (Å²) in [5.74, 6) is -0.210. The number of hydrogen-bond donors (Lipinski definition) is 0. The van der Waals surface area contributed by atoms with Crippen LogP contribution in [0.5, 0.6) is 0 Å². The molecule has 0 aliphatic carbocycles. The van der Waals surface area contributed by atoms with Gasteiger partial charge in [-0.15, -0.1) is 0 Å². The van der Waals surface area contributed by atoms with E-state index in [0.717, 1.165) is 5.39 Å². The van der Waals surface area contributed by atoms with E-state index in [1.165, 1.54) is 18.2 Å². The Morgan fingerprint density at radius 3 is 2.25 bits per heavy atom. The quantitative estimate of drug-likeness (QED) is 0.515. The molecular weight excluding hydrogens is 362 g/mol. The normalized spacial score (nSPS) is 14.3. The van der Waals surface area contributed by atoms with Crippen LogP contribution >= 0.6 is 0 Å². The molecule has 2 amide bonds. The first-order valence-electron chi connectivity index (χ1n) is 8.84. The summed E-state index contributed by atoms with van der Waals surface area (Å²) in [5.41, 5.74) is 0.807. The van der Waals surface area contributed by atoms with Gasteiger partial charge in [0.05, 0.1) is 4.92 Å². The van der Waals surface area contributed by atoms with E-state index < -0.39 is 4.92 Å². The number of fused-ring (bicyclic) bond motifs is 1. The summed E-state index contributed by atoms with van der Waals surface area (Å²) in [6.45, 7) is 1.45. The minimum Gasteiger partial charge on any atom is -0.451 e. The molecule has 1 aliphatic rings. The number of amides is 2. The number of rotatable bonds is 3. The van der Waals surface area contributed by atoms with E-state index in [1.54, 1.807) is 21.9 Å². The average Bonchev–Trinajstić information content (AvgIpc) is 3.17. The maximum Gasteiger partial charge on any atom is 0.289 e. The second kappa shape index (κ2) is 7.15. The maximum atomic E-state index is 12.7. The number of furan rings is 1. The van der Waals surface area contributed by atoms with E-state index in [0.29, 0.717) is 31.8 Å². The van der Waals surface area contributed by atoms with Crippen molar-refractivity contribution in [1.82, 2.24) is 9.80 Å². The van der Waals surface area contributed by atoms with Crippen LogP contribution in [0.1, 0.15) is 20.9 Å². The Bertz CT molecular complexity index is 1030. The predicted octanol–water partition coefficient (Wildman–Crippen LogP) is 2.94. The summed E-state index contributed by atoms with van der Waals surface area (Å²) in [7, 11) is 0. The number of carbonyl (C=O) groups excluding carboxylic acids is 2. The van der Waals surface area contributed by atoms with Crippen molar-refractivity contribution in [2.45, 2.75) is 0 Å². The molecule has 1 saturated heterocycles. The molecule has 0 spiro atoms. The van der Waals surface area contributed by atoms with Crippen molar-refractivity contribution in [3.63, 3.8) is 0 Å². The van der Waals surface area contributed by atoms with Gasteiger partial charge >= 0.3 is 0 Å². The van der Waals surface area contributed by atoms with Gasteiger partial charge in [0, 0.05) is 49.3 Å². The number of benzene rings is 2. The van der Waals surface area contributed by atoms with Gasteiger partial charge in [-0.25, -0.2) is 0 Å². The lowest BCUT2D eigenvalue weighted by Gasteiger charge is -2.34. The van der Waals surface area contributed by atoms with Gasteiger partial charge in [0.25, 0.3) is 17.5 Å². The highest BCUT2D eigenvalue weighted by Crippen LogP contribution is 2.21. The second-order valence-corrected chi connectivity index (χ2v) is 6.54. The van der Waals surface area contributed by atoms with Crippen LogP contribution in [-0.2, 0) is 0 Å². The number of carbonyl (C=O) groups is 2. The lowest BCUT2D eigenvalue weighted by molar-refractivity contribution is -0.384. The maximum absolute atomic E-state index is 12.7. The van der Waals surface area contributed by atoms with E-state index in [9.17, 15) is 19.7 Å². The zero-order valence-corrected chi connectivity index (χ0v) is 14.9. The Hall–Kier alpha value is -3.68. The zero-order chi connectivity index (χ0) is 19.7. The van der Waals surface area contributed by atoms with Gasteiger partial charge in [-0.3, -0.25) is 19.7 Å². The SMILES string of the molecule is O=C(c1cccc([N+](=O)[O-])c1)N1CCN(C(=O)c2cc3ccccc3o2)CC1. The molecule has 1 aliphatic heterocycles. The number of piperazine rings is 1. The Morgan fingerprint density at radius 1 is 0.893 bits per heavy atom. The fraction of sp³-hybridized carbons (Fsp3) is 0.200. The van der Waals surface area contributed by atoms with E-state index in [-0.39, 0.29) is 28.8 Å². The molecule has 0 saturated carbocycles. The fourth-order valence-electron chi connectivity index (χ4n) is 3.29. The van der Waals surface area contributed by atoms with Crippen molar-refractivity contribution in [3.05, 3.63) is 76.0 Å². The van der Waals surface area contributed by atoms with Crippen molar-refractivity contribution in [1.29, 1.82) is 0 Å². The van der Waals surface area contributed by atoms with E-state index in [4.69, 9.17) is 4.42 Å². The summed E-state index contributed by atoms with van der Waals surface area (Å²) in [4.78, 5) is 38.9. The first-order valence-corrected chi connectivity index (χ1v) is 8.84. The number of para-hydroxylation sites is 1. The zero-order valence-electron chi connectivity index (χ0n) is 14.9. The van der Waals surface area contributed by atoms with Crippen LogP contribution in [0, 0.1) is 10.1 Å². The third kappa shape index (κ3) is 3.32. The molecule has 2 aromatic carbocycles. The van der Waals surface area contributed by atoms with Crippen molar-refractivity contribution < 1.29 is 18.9 Å². The molecule has 142 valence electrons. The van der Waals surface area contributed by atoms with Gasteiger partial charge in [0.1, 0.15) is 5.58 Å². The molecule has 0 bridgehead atoms. The molecule has 0 radical (unpaired) electrons. The number of hydrogen-bond acceptors (Lipinski definition) is 5. The lowest BCUT2D eigenvalue weighted by atomic mass is 10.1. The van der Waals surface area contributed by atoms with Crippen molar-refractivity contribution >= 4 is 28.5 Å². The molecule has 8 heteroatoms. The molecule has 28 heavy (non-hydrogen) atoms. The highest BCUT2D eigenvalue weighted by Gasteiger charge is 2.27. The summed E-state index contributed by atoms with van der Waals surface area (Å²) >= 11 is 0. The number of nitrogens with zero attached hydrogens (tertiary/aromatic N) is 3. The minimum atomic E-state index is -0.527. The Labute approximate surface area is 160 Å². The minimum absolute atomic E-state index is 0.121. The number of non-ortho nitro benzene ring substituents is 1. The highest BCUT2D eigenvalue weighted by molar-refractivity contribution is 5.97. The summed E-state index contributed by atoms with van der Waals surface area (Å²) in [6, 6.07) is 14.8. The van der Waals surface area contributed by atoms with Crippen LogP contribution in [0.3, 0.4) is 0 Å². The van der Waals surface area contributed by atoms with Crippen molar-refractivity contribution in [3.8, 4) is 0 Å². The smallest absolute Gasteiger partial charge is 0.289 e. The van der Waals surface area contributed by atoms with Gasteiger partial charge < -0.3 is 14.2 Å². The van der Waals surface area contributed by atoms with Crippen LogP contribution in [0.25, 0.3) is 11.0 Å². The van der Waals surface area contributed by atoms with Crippen molar-refractivity contribution in [2.75, 3.05) is 26.2 Å². The predicted molar refractivity (Wildman–Crippen MR) is 101 cm³/mol. The van der Waals surface area contributed by atoms with Gasteiger partial charge in [-0.2, -0.15) is 0 Å². The lowest BCUT2D eigenvalue weighted by Crippen LogP contribution is -2.50. The second-order valence-electron chi connectivity index (χ2n) is 6.54. The first kappa shape index (κ1) is 17.7. The van der Waals surface area contributed by atoms with Gasteiger partial charge in [-0.05, 0) is 18.2 Å². The van der Waals surface area contributed by atoms with E-state index >= 15 is 0 Å². The van der Waals surface area contributed by atoms with Gasteiger partial charge in [-0.1, -0.05) is 24.3 Å². The third-order valence-corrected chi connectivity index (χ3v) is 4.79. The monoisotopic (exact) mass is 379 g/mol. The molecule has 0 atom stereocenters. The van der Waals surface area contributed by atoms with Crippen LogP contribution < -0.4 is 0 Å². The van der Waals surface area contributed by atoms with Crippen LogP contribution in [0.15, 0.2) is 59.0 Å². The largest absolute Gasteiger partial charge is 0.451 e. The summed E-state index contributed by atoms with van der Waals surface area (Å²) in [5, 5.41) is 11.8. The Morgan fingerprint density at radius 2 is 1.57 bits per heavy atom. The molecular formula is C20H17N3O5. The first-order chi connectivity index (χ1) is 13.5. The topological polar surface area (TPSA) is 96.9 Å². The highest BCUT2D eigenvalue weighted by atomic mass is 16.6. The molecule has 1 fully saturated rings. The molecule has 4 rings (SSSR count). The third-order valence-electron chi connectivity index (χ3n) is 4.79. The summed E-state index contributed by atoms with van der Waals surface area (Å²) in [6.07, 6.45) is 0. The van der Waals surface area contributed by atoms with Crippen molar-refractivity contribution in [2.24, 2.45) is 0 Å². The van der Waals surface area contributed by atoms with E-state index in [2.05, 4.69) is 0 Å². The molecule has 0 unspecified atom stereocenters. The molecule has 0 N–H and O–H groups in total. The average molecular weight is 379 g/mol. The van der Waals surface area contributed by atoms with E-state index in [1.807, 2.05) is 24.3 Å². The number of nitro benzene ring substituents is 1. The van der Waals surface area contributed by atoms with Gasteiger partial charge in [0.15, 0.2) is 5.76 Å². The summed E-state index contributed by atoms with van der Waals surface area (Å²) < 4.78 is 5.63. The number of nitro groups is 1.